The van der Waals surface area contributed by atoms with Gasteiger partial charge >= 0.3 is 0 Å². The molecule has 0 fully saturated rings. The standard InChI is InChI=1S/C18H26N6O3/c1-13(2)22(3)10-17-19-20-21-24(17)11-18(25)23(4)9-14-12-26-15-7-5-6-8-16(15)27-14/h5-8,13-14H,9-12H2,1-4H3. The normalized spacial score (nSPS) is 16.0. The molecular weight excluding hydrogens is 348 g/mol. The van der Waals surface area contributed by atoms with Crippen LogP contribution in [0.2, 0.25) is 0 Å². The molecule has 0 aliphatic carbocycles. The van der Waals surface area contributed by atoms with Crippen molar-refractivity contribution in [2.45, 2.75) is 39.1 Å². The Morgan fingerprint density at radius 2 is 2.04 bits per heavy atom. The Balaban J connectivity index is 1.55. The van der Waals surface area contributed by atoms with Crippen LogP contribution >= 0.6 is 0 Å². The molecule has 1 atom stereocenters. The van der Waals surface area contributed by atoms with E-state index in [4.69, 9.17) is 9.47 Å². The van der Waals surface area contributed by atoms with Crippen molar-refractivity contribution in [3.05, 3.63) is 30.1 Å². The summed E-state index contributed by atoms with van der Waals surface area (Å²) in [5, 5.41) is 11.7. The average molecular weight is 374 g/mol. The molecule has 146 valence electrons. The Morgan fingerprint density at radius 1 is 1.30 bits per heavy atom. The molecule has 1 unspecified atom stereocenters. The quantitative estimate of drug-likeness (QED) is 0.709. The summed E-state index contributed by atoms with van der Waals surface area (Å²) in [6.07, 6.45) is -0.214. The van der Waals surface area contributed by atoms with Gasteiger partial charge < -0.3 is 14.4 Å². The van der Waals surface area contributed by atoms with Crippen LogP contribution in [-0.2, 0) is 17.9 Å². The first kappa shape index (κ1) is 19.1. The Hall–Kier alpha value is -2.68. The minimum Gasteiger partial charge on any atom is -0.486 e. The topological polar surface area (TPSA) is 85.6 Å². The molecular formula is C18H26N6O3. The van der Waals surface area contributed by atoms with Crippen molar-refractivity contribution in [1.29, 1.82) is 0 Å². The maximum atomic E-state index is 12.6. The van der Waals surface area contributed by atoms with E-state index in [2.05, 4.69) is 34.3 Å². The summed E-state index contributed by atoms with van der Waals surface area (Å²) < 4.78 is 13.2. The molecule has 3 rings (SSSR count). The lowest BCUT2D eigenvalue weighted by Gasteiger charge is -2.29. The van der Waals surface area contributed by atoms with Crippen LogP contribution in [0, 0.1) is 0 Å². The fraction of sp³-hybridized carbons (Fsp3) is 0.556. The van der Waals surface area contributed by atoms with E-state index in [9.17, 15) is 4.79 Å². The summed E-state index contributed by atoms with van der Waals surface area (Å²) in [6, 6.07) is 7.89. The van der Waals surface area contributed by atoms with Crippen LogP contribution in [-0.4, -0.2) is 75.3 Å². The van der Waals surface area contributed by atoms with Gasteiger partial charge in [-0.3, -0.25) is 9.69 Å². The molecule has 2 heterocycles. The van der Waals surface area contributed by atoms with E-state index in [1.54, 1.807) is 16.6 Å². The largest absolute Gasteiger partial charge is 0.486 e. The summed E-state index contributed by atoms with van der Waals surface area (Å²) in [5.41, 5.74) is 0. The predicted molar refractivity (Wildman–Crippen MR) is 98.4 cm³/mol. The highest BCUT2D eigenvalue weighted by molar-refractivity contribution is 5.75. The van der Waals surface area contributed by atoms with Gasteiger partial charge in [0.15, 0.2) is 23.4 Å². The monoisotopic (exact) mass is 374 g/mol. The molecule has 0 radical (unpaired) electrons. The highest BCUT2D eigenvalue weighted by Gasteiger charge is 2.24. The highest BCUT2D eigenvalue weighted by atomic mass is 16.6. The van der Waals surface area contributed by atoms with Gasteiger partial charge in [-0.25, -0.2) is 4.68 Å². The van der Waals surface area contributed by atoms with E-state index in [-0.39, 0.29) is 18.6 Å². The van der Waals surface area contributed by atoms with Crippen molar-refractivity contribution < 1.29 is 14.3 Å². The number of tetrazole rings is 1. The minimum atomic E-state index is -0.214. The van der Waals surface area contributed by atoms with Crippen LogP contribution in [0.25, 0.3) is 0 Å². The molecule has 9 nitrogen and oxygen atoms in total. The summed E-state index contributed by atoms with van der Waals surface area (Å²) in [4.78, 5) is 16.3. The molecule has 1 aliphatic heterocycles. The van der Waals surface area contributed by atoms with Crippen LogP contribution in [0.15, 0.2) is 24.3 Å². The third-order valence-corrected chi connectivity index (χ3v) is 4.63. The minimum absolute atomic E-state index is 0.0850. The molecule has 0 N–H and O–H groups in total. The van der Waals surface area contributed by atoms with Crippen LogP contribution in [0.1, 0.15) is 19.7 Å². The van der Waals surface area contributed by atoms with Crippen LogP contribution in [0.4, 0.5) is 0 Å². The zero-order valence-electron chi connectivity index (χ0n) is 16.2. The van der Waals surface area contributed by atoms with Gasteiger partial charge in [-0.2, -0.15) is 0 Å². The molecule has 1 aromatic carbocycles. The van der Waals surface area contributed by atoms with Crippen molar-refractivity contribution in [2.75, 3.05) is 27.2 Å². The molecule has 0 spiro atoms. The number of hydrogen-bond acceptors (Lipinski definition) is 7. The molecule has 0 saturated heterocycles. The first-order chi connectivity index (χ1) is 12.9. The number of hydrogen-bond donors (Lipinski definition) is 0. The third-order valence-electron chi connectivity index (χ3n) is 4.63. The van der Waals surface area contributed by atoms with Crippen molar-refractivity contribution >= 4 is 5.91 Å². The van der Waals surface area contributed by atoms with E-state index in [1.165, 1.54) is 0 Å². The van der Waals surface area contributed by atoms with Gasteiger partial charge in [0.2, 0.25) is 5.91 Å². The first-order valence-electron chi connectivity index (χ1n) is 9.01. The number of likely N-dealkylation sites (N-methyl/N-ethyl adjacent to an activating group) is 1. The van der Waals surface area contributed by atoms with Crippen molar-refractivity contribution in [3.8, 4) is 11.5 Å². The van der Waals surface area contributed by atoms with Gasteiger partial charge in [-0.05, 0) is 43.5 Å². The van der Waals surface area contributed by atoms with Crippen molar-refractivity contribution in [3.63, 3.8) is 0 Å². The molecule has 0 bridgehead atoms. The maximum absolute atomic E-state index is 12.6. The molecule has 27 heavy (non-hydrogen) atoms. The number of para-hydroxylation sites is 2. The second-order valence-electron chi connectivity index (χ2n) is 7.03. The van der Waals surface area contributed by atoms with E-state index in [0.717, 1.165) is 5.75 Å². The number of benzene rings is 1. The summed E-state index contributed by atoms with van der Waals surface area (Å²) in [6.45, 7) is 5.70. The molecule has 9 heteroatoms. The molecule has 1 aromatic heterocycles. The number of ether oxygens (including phenoxy) is 2. The predicted octanol–water partition coefficient (Wildman–Crippen LogP) is 0.812. The number of nitrogens with zero attached hydrogens (tertiary/aromatic N) is 6. The third kappa shape index (κ3) is 4.73. The number of rotatable bonds is 7. The second-order valence-corrected chi connectivity index (χ2v) is 7.03. The van der Waals surface area contributed by atoms with E-state index >= 15 is 0 Å². The van der Waals surface area contributed by atoms with Gasteiger partial charge in [-0.15, -0.1) is 5.10 Å². The number of carbonyl (C=O) groups excluding carboxylic acids is 1. The lowest BCUT2D eigenvalue weighted by atomic mass is 10.2. The fourth-order valence-corrected chi connectivity index (χ4v) is 2.67. The van der Waals surface area contributed by atoms with Gasteiger partial charge in [0, 0.05) is 13.1 Å². The van der Waals surface area contributed by atoms with Gasteiger partial charge in [0.25, 0.3) is 0 Å². The van der Waals surface area contributed by atoms with E-state index in [1.807, 2.05) is 31.3 Å². The van der Waals surface area contributed by atoms with E-state index in [0.29, 0.717) is 37.3 Å². The molecule has 1 aliphatic rings. The van der Waals surface area contributed by atoms with Crippen LogP contribution in [0.3, 0.4) is 0 Å². The molecule has 2 aromatic rings. The van der Waals surface area contributed by atoms with Crippen LogP contribution in [0.5, 0.6) is 11.5 Å². The first-order valence-corrected chi connectivity index (χ1v) is 9.01. The van der Waals surface area contributed by atoms with Crippen LogP contribution < -0.4 is 9.47 Å². The average Bonchev–Trinajstić information content (AvgIpc) is 3.08. The Morgan fingerprint density at radius 3 is 2.78 bits per heavy atom. The zero-order valence-corrected chi connectivity index (χ0v) is 16.2. The molecule has 1 amide bonds. The zero-order chi connectivity index (χ0) is 19.4. The second kappa shape index (κ2) is 8.34. The summed E-state index contributed by atoms with van der Waals surface area (Å²) in [7, 11) is 3.74. The lowest BCUT2D eigenvalue weighted by molar-refractivity contribution is -0.132. The number of fused-ring (bicyclic) bond motifs is 1. The highest BCUT2D eigenvalue weighted by Crippen LogP contribution is 2.30. The number of carbonyl (C=O) groups is 1. The Labute approximate surface area is 158 Å². The van der Waals surface area contributed by atoms with Gasteiger partial charge in [0.1, 0.15) is 13.2 Å². The summed E-state index contributed by atoms with van der Waals surface area (Å²) in [5.74, 6) is 2.02. The van der Waals surface area contributed by atoms with E-state index < -0.39 is 0 Å². The van der Waals surface area contributed by atoms with Gasteiger partial charge in [0.05, 0.1) is 13.1 Å². The summed E-state index contributed by atoms with van der Waals surface area (Å²) >= 11 is 0. The van der Waals surface area contributed by atoms with Crippen molar-refractivity contribution in [2.24, 2.45) is 0 Å². The fourth-order valence-electron chi connectivity index (χ4n) is 2.67. The number of amides is 1. The van der Waals surface area contributed by atoms with Gasteiger partial charge in [-0.1, -0.05) is 12.1 Å². The van der Waals surface area contributed by atoms with Crippen molar-refractivity contribution in [1.82, 2.24) is 30.0 Å². The SMILES string of the molecule is CC(C)N(C)Cc1nnnn1CC(=O)N(C)CC1COc2ccccc2O1. The lowest BCUT2D eigenvalue weighted by Crippen LogP contribution is -2.43. The maximum Gasteiger partial charge on any atom is 0.244 e. The smallest absolute Gasteiger partial charge is 0.244 e. The Kier molecular flexibility index (Phi) is 5.90. The number of aromatic nitrogens is 4. The molecule has 0 saturated carbocycles. The Bertz CT molecular complexity index is 778.